The van der Waals surface area contributed by atoms with Gasteiger partial charge in [-0.2, -0.15) is 12.1 Å². The van der Waals surface area contributed by atoms with Gasteiger partial charge in [0.25, 0.3) is 0 Å². The number of benzene rings is 10. The average Bonchev–Trinajstić information content (AvgIpc) is 4.00. The number of rotatable bonds is 8. The zero-order valence-electron chi connectivity index (χ0n) is 40.4. The van der Waals surface area contributed by atoms with Crippen molar-refractivity contribution in [3.8, 4) is 44.5 Å². The van der Waals surface area contributed by atoms with E-state index in [4.69, 9.17) is 0 Å². The molecule has 12 aromatic rings. The van der Waals surface area contributed by atoms with Crippen molar-refractivity contribution in [1.82, 2.24) is 0 Å². The Bertz CT molecular complexity index is 3280. The molecule has 0 heterocycles. The van der Waals surface area contributed by atoms with Gasteiger partial charge in [0.2, 0.25) is 0 Å². The van der Waals surface area contributed by atoms with Crippen LogP contribution in [0.15, 0.2) is 218 Å². The first-order valence-corrected chi connectivity index (χ1v) is 30.5. The molecule has 0 nitrogen and oxygen atoms in total. The van der Waals surface area contributed by atoms with Crippen LogP contribution in [0.1, 0.15) is 37.8 Å². The van der Waals surface area contributed by atoms with Crippen molar-refractivity contribution < 1.29 is 48.1 Å². The minimum Gasteiger partial charge on any atom is -1.00 e. The second kappa shape index (κ2) is 22.9. The van der Waals surface area contributed by atoms with Gasteiger partial charge in [-0.1, -0.05) is 254 Å². The van der Waals surface area contributed by atoms with Gasteiger partial charge >= 0.3 is 41.9 Å². The molecular weight excluding hydrogens is 983 g/mol. The summed E-state index contributed by atoms with van der Waals surface area (Å²) in [7, 11) is 0. The number of halogens is 2. The maximum atomic E-state index is 2.42. The first-order valence-electron chi connectivity index (χ1n) is 24.3. The van der Waals surface area contributed by atoms with E-state index in [1.165, 1.54) is 120 Å². The van der Waals surface area contributed by atoms with Gasteiger partial charge in [-0.15, -0.1) is 44.8 Å². The minimum absolute atomic E-state index is 0. The molecule has 0 spiro atoms. The van der Waals surface area contributed by atoms with Crippen molar-refractivity contribution >= 4 is 70.1 Å². The standard InChI is InChI=1S/2C32H25.C2H6Si.2ClH.Zr/c2*1-2-9-22-20-31-29(27-16-7-12-23-10-3-5-14-25(23)27)18-19-30(32(31)21-22)28-17-8-13-24-11-4-6-15-26(24)28;1-3-2;;;/h2*3-8,10-21H,2,9H2,1H3;1-2H3;2*1H;/q2*-1;;;;+2/p-2. The maximum Gasteiger partial charge on any atom is -1.00 e. The second-order valence-corrected chi connectivity index (χ2v) is 27.7. The Morgan fingerprint density at radius 2 is 0.571 bits per heavy atom. The van der Waals surface area contributed by atoms with Gasteiger partial charge in [-0.25, -0.2) is 0 Å². The Labute approximate surface area is 441 Å². The molecule has 70 heavy (non-hydrogen) atoms. The summed E-state index contributed by atoms with van der Waals surface area (Å²) in [4.78, 5) is 0. The van der Waals surface area contributed by atoms with E-state index < -0.39 is 0 Å². The van der Waals surface area contributed by atoms with Crippen LogP contribution in [0, 0.1) is 0 Å². The molecule has 0 saturated heterocycles. The number of hydrogen-bond acceptors (Lipinski definition) is 0. The van der Waals surface area contributed by atoms with Crippen LogP contribution in [0.5, 0.6) is 0 Å². The fraction of sp³-hybridized carbons (Fsp3) is 0.121. The van der Waals surface area contributed by atoms with Gasteiger partial charge in [0, 0.05) is 0 Å². The molecule has 0 aromatic heterocycles. The zero-order chi connectivity index (χ0) is 46.6. The van der Waals surface area contributed by atoms with Crippen LogP contribution in [-0.4, -0.2) is 5.43 Å². The van der Waals surface area contributed by atoms with Gasteiger partial charge in [0.15, 0.2) is 0 Å². The van der Waals surface area contributed by atoms with Crippen LogP contribution in [0.3, 0.4) is 0 Å². The summed E-state index contributed by atoms with van der Waals surface area (Å²) in [5.41, 5.74) is 13.6. The number of hydrogen-bond donors (Lipinski definition) is 0. The molecule has 0 bridgehead atoms. The van der Waals surface area contributed by atoms with Gasteiger partial charge in [0.05, 0.1) is 0 Å². The smallest absolute Gasteiger partial charge is 1.00 e. The topological polar surface area (TPSA) is 0 Å². The van der Waals surface area contributed by atoms with Gasteiger partial charge in [-0.3, -0.25) is 0 Å². The molecule has 0 atom stereocenters. The summed E-state index contributed by atoms with van der Waals surface area (Å²) in [6.07, 6.45) is 4.53. The Morgan fingerprint density at radius 1 is 0.329 bits per heavy atom. The molecule has 0 aliphatic rings. The third-order valence-electron chi connectivity index (χ3n) is 13.3. The normalized spacial score (nSPS) is 10.9. The molecule has 4 heteroatoms. The molecule has 12 rings (SSSR count). The van der Waals surface area contributed by atoms with Gasteiger partial charge < -0.3 is 24.8 Å². The molecule has 0 aliphatic carbocycles. The molecule has 0 radical (unpaired) electrons. The molecule has 12 aromatic carbocycles. The molecule has 344 valence electrons. The van der Waals surface area contributed by atoms with Crippen LogP contribution in [0.2, 0.25) is 13.1 Å². The Kier molecular flexibility index (Phi) is 16.5. The molecule has 0 unspecified atom stereocenters. The van der Waals surface area contributed by atoms with Crippen LogP contribution in [0.25, 0.3) is 109 Å². The van der Waals surface area contributed by atoms with E-state index in [-0.39, 0.29) is 30.2 Å². The first kappa shape index (κ1) is 50.5. The van der Waals surface area contributed by atoms with E-state index in [0.717, 1.165) is 25.7 Å². The quantitative estimate of drug-likeness (QED) is 0.105. The molecular formula is C66H56Cl2SiZr-2. The van der Waals surface area contributed by atoms with Gasteiger partial charge in [-0.05, 0) is 67.1 Å². The Hall–Kier alpha value is -5.86. The third-order valence-corrected chi connectivity index (χ3v) is 13.3. The SMILES string of the molecule is CCCc1cc2c(-c3cccc4ccccc34)ccc(-c3cccc4ccccc34)c2[cH-]1.CCCc1cc2c(-c3cccc4ccccc34)ccc(-c3cccc4ccccc34)c2[cH-]1.C[Si](C)=[Zr+2].[Cl-].[Cl-]. The van der Waals surface area contributed by atoms with Crippen LogP contribution in [-0.2, 0) is 36.2 Å². The summed E-state index contributed by atoms with van der Waals surface area (Å²) in [5, 5.41) is 15.8. The summed E-state index contributed by atoms with van der Waals surface area (Å²) in [6, 6.07) is 80.4. The van der Waals surface area contributed by atoms with Gasteiger partial charge in [0.1, 0.15) is 0 Å². The van der Waals surface area contributed by atoms with Crippen molar-refractivity contribution in [2.45, 2.75) is 52.6 Å². The van der Waals surface area contributed by atoms with Crippen molar-refractivity contribution in [1.29, 1.82) is 0 Å². The molecule has 0 fully saturated rings. The fourth-order valence-electron chi connectivity index (χ4n) is 10.4. The fourth-order valence-corrected chi connectivity index (χ4v) is 10.4. The summed E-state index contributed by atoms with van der Waals surface area (Å²) in [6.45, 7) is 9.13. The summed E-state index contributed by atoms with van der Waals surface area (Å²) < 4.78 is 0. The number of fused-ring (bicyclic) bond motifs is 6. The van der Waals surface area contributed by atoms with Crippen molar-refractivity contribution in [3.63, 3.8) is 0 Å². The summed E-state index contributed by atoms with van der Waals surface area (Å²) >= 11 is 1.74. The van der Waals surface area contributed by atoms with E-state index in [9.17, 15) is 0 Å². The number of aryl methyl sites for hydroxylation is 2. The Morgan fingerprint density at radius 3 is 0.871 bits per heavy atom. The largest absolute Gasteiger partial charge is 1.00 e. The van der Waals surface area contributed by atoms with E-state index >= 15 is 0 Å². The first-order chi connectivity index (χ1) is 33.4. The van der Waals surface area contributed by atoms with E-state index in [0.29, 0.717) is 0 Å². The monoisotopic (exact) mass is 1040 g/mol. The van der Waals surface area contributed by atoms with Crippen molar-refractivity contribution in [2.24, 2.45) is 0 Å². The van der Waals surface area contributed by atoms with E-state index in [1.54, 1.807) is 23.3 Å². The molecule has 0 aliphatic heterocycles. The molecule has 0 saturated carbocycles. The zero-order valence-corrected chi connectivity index (χ0v) is 45.3. The van der Waals surface area contributed by atoms with E-state index in [1.807, 2.05) is 0 Å². The minimum atomic E-state index is 0. The second-order valence-electron chi connectivity index (χ2n) is 18.3. The van der Waals surface area contributed by atoms with Crippen molar-refractivity contribution in [2.75, 3.05) is 0 Å². The predicted octanol–water partition coefficient (Wildman–Crippen LogP) is 13.1. The summed E-state index contributed by atoms with van der Waals surface area (Å²) in [5.74, 6) is 0. The predicted molar refractivity (Wildman–Crippen MR) is 296 cm³/mol. The Balaban J connectivity index is 0.000000170. The molecule has 0 N–H and O–H groups in total. The average molecular weight is 1040 g/mol. The van der Waals surface area contributed by atoms with Crippen LogP contribution in [0.4, 0.5) is 0 Å². The molecule has 0 amide bonds. The van der Waals surface area contributed by atoms with Crippen molar-refractivity contribution in [3.05, 3.63) is 230 Å². The third kappa shape index (κ3) is 10.3. The maximum absolute atomic E-state index is 2.42. The van der Waals surface area contributed by atoms with Crippen LogP contribution >= 0.6 is 0 Å². The van der Waals surface area contributed by atoms with E-state index in [2.05, 4.69) is 245 Å². The van der Waals surface area contributed by atoms with Crippen LogP contribution < -0.4 is 24.8 Å².